The van der Waals surface area contributed by atoms with Crippen molar-refractivity contribution in [1.29, 1.82) is 0 Å². The fourth-order valence-electron chi connectivity index (χ4n) is 4.48. The summed E-state index contributed by atoms with van der Waals surface area (Å²) in [5.74, 6) is 1.26. The van der Waals surface area contributed by atoms with Crippen LogP contribution < -0.4 is 9.64 Å². The number of carbonyl (C=O) groups is 2. The minimum atomic E-state index is -0.220. The van der Waals surface area contributed by atoms with Crippen molar-refractivity contribution in [2.75, 3.05) is 20.2 Å². The predicted octanol–water partition coefficient (Wildman–Crippen LogP) is 1.79. The van der Waals surface area contributed by atoms with Gasteiger partial charge in [-0.1, -0.05) is 42.5 Å². The molecule has 2 aromatic rings. The van der Waals surface area contributed by atoms with E-state index in [2.05, 4.69) is 24.3 Å². The van der Waals surface area contributed by atoms with Gasteiger partial charge in [0.15, 0.2) is 6.04 Å². The number of hydrogen-bond acceptors (Lipinski definition) is 3. The second-order valence-corrected chi connectivity index (χ2v) is 7.77. The maximum Gasteiger partial charge on any atom is 0.288 e. The summed E-state index contributed by atoms with van der Waals surface area (Å²) in [5, 5.41) is 0. The Morgan fingerprint density at radius 1 is 1.00 bits per heavy atom. The molecule has 2 aliphatic rings. The number of likely N-dealkylation sites (tertiary alicyclic amines) is 2. The van der Waals surface area contributed by atoms with E-state index in [0.29, 0.717) is 18.9 Å². The van der Waals surface area contributed by atoms with Crippen LogP contribution >= 0.6 is 0 Å². The molecule has 28 heavy (non-hydrogen) atoms. The van der Waals surface area contributed by atoms with E-state index in [1.807, 2.05) is 30.3 Å². The van der Waals surface area contributed by atoms with Crippen LogP contribution in [0.5, 0.6) is 5.75 Å². The van der Waals surface area contributed by atoms with E-state index in [1.165, 1.54) is 15.4 Å². The number of nitrogens with one attached hydrogen (secondary N) is 1. The number of carbonyl (C=O) groups excluding carboxylic acids is 2. The molecule has 0 aromatic heterocycles. The van der Waals surface area contributed by atoms with Crippen molar-refractivity contribution in [2.45, 2.75) is 37.8 Å². The van der Waals surface area contributed by atoms with Crippen molar-refractivity contribution >= 4 is 11.8 Å². The Bertz CT molecular complexity index is 827. The summed E-state index contributed by atoms with van der Waals surface area (Å²) in [7, 11) is 1.62. The molecule has 0 spiro atoms. The quantitative estimate of drug-likeness (QED) is 0.806. The number of nitrogens with zero attached hydrogens (tertiary/aromatic N) is 1. The van der Waals surface area contributed by atoms with Crippen molar-refractivity contribution in [1.82, 2.24) is 4.90 Å². The monoisotopic (exact) mass is 379 g/mol. The third kappa shape index (κ3) is 3.80. The van der Waals surface area contributed by atoms with Gasteiger partial charge in [0.25, 0.3) is 5.91 Å². The number of amides is 2. The first-order valence-electron chi connectivity index (χ1n) is 10.0. The Morgan fingerprint density at radius 3 is 2.32 bits per heavy atom. The number of ether oxygens (including phenoxy) is 1. The molecule has 2 amide bonds. The number of hydrogen-bond donors (Lipinski definition) is 1. The van der Waals surface area contributed by atoms with E-state index in [0.717, 1.165) is 37.2 Å². The zero-order valence-corrected chi connectivity index (χ0v) is 16.3. The first kappa shape index (κ1) is 18.7. The highest BCUT2D eigenvalue weighted by Crippen LogP contribution is 2.24. The van der Waals surface area contributed by atoms with Crippen LogP contribution in [-0.2, 0) is 16.1 Å². The molecular formula is C23H27N2O3+. The smallest absolute Gasteiger partial charge is 0.288 e. The summed E-state index contributed by atoms with van der Waals surface area (Å²) in [4.78, 5) is 28.2. The third-order valence-electron chi connectivity index (χ3n) is 6.14. The molecule has 2 aromatic carbocycles. The Labute approximate surface area is 165 Å². The van der Waals surface area contributed by atoms with Crippen molar-refractivity contribution in [3.63, 3.8) is 0 Å². The molecule has 1 N–H and O–H groups in total. The van der Waals surface area contributed by atoms with Crippen LogP contribution in [0.2, 0.25) is 0 Å². The zero-order valence-electron chi connectivity index (χ0n) is 16.3. The van der Waals surface area contributed by atoms with Gasteiger partial charge in [-0.3, -0.25) is 14.5 Å². The van der Waals surface area contributed by atoms with E-state index in [-0.39, 0.29) is 17.9 Å². The van der Waals surface area contributed by atoms with Gasteiger partial charge in [-0.05, 0) is 29.2 Å². The summed E-state index contributed by atoms with van der Waals surface area (Å²) in [5.41, 5.74) is 2.33. The minimum absolute atomic E-state index is 0.0195. The van der Waals surface area contributed by atoms with Crippen molar-refractivity contribution in [2.24, 2.45) is 0 Å². The molecule has 0 radical (unpaired) electrons. The zero-order chi connectivity index (χ0) is 19.5. The Balaban J connectivity index is 1.37. The molecule has 1 atom stereocenters. The first-order chi connectivity index (χ1) is 13.7. The fraction of sp³-hybridized carbons (Fsp3) is 0.391. The summed E-state index contributed by atoms with van der Waals surface area (Å²) in [6, 6.07) is 17.9. The average molecular weight is 379 g/mol. The number of imide groups is 1. The molecule has 2 fully saturated rings. The van der Waals surface area contributed by atoms with Gasteiger partial charge in [-0.25, -0.2) is 0 Å². The number of quaternary nitrogens is 1. The maximum atomic E-state index is 13.0. The molecule has 0 bridgehead atoms. The molecule has 5 heteroatoms. The molecule has 4 rings (SSSR count). The van der Waals surface area contributed by atoms with E-state index < -0.39 is 0 Å². The van der Waals surface area contributed by atoms with Crippen molar-refractivity contribution < 1.29 is 19.2 Å². The van der Waals surface area contributed by atoms with Crippen molar-refractivity contribution in [3.8, 4) is 5.75 Å². The third-order valence-corrected chi connectivity index (χ3v) is 6.14. The molecule has 0 unspecified atom stereocenters. The molecule has 5 nitrogen and oxygen atoms in total. The van der Waals surface area contributed by atoms with E-state index >= 15 is 0 Å². The van der Waals surface area contributed by atoms with Gasteiger partial charge in [-0.15, -0.1) is 0 Å². The molecule has 2 heterocycles. The summed E-state index contributed by atoms with van der Waals surface area (Å²) in [6.45, 7) is 2.23. The van der Waals surface area contributed by atoms with Gasteiger partial charge < -0.3 is 9.64 Å². The van der Waals surface area contributed by atoms with Crippen LogP contribution in [0, 0.1) is 0 Å². The lowest BCUT2D eigenvalue weighted by Gasteiger charge is -2.32. The Kier molecular flexibility index (Phi) is 5.44. The van der Waals surface area contributed by atoms with Crippen LogP contribution in [0.15, 0.2) is 54.6 Å². The Morgan fingerprint density at radius 2 is 1.68 bits per heavy atom. The van der Waals surface area contributed by atoms with Gasteiger partial charge in [0.1, 0.15) is 5.75 Å². The molecule has 2 saturated heterocycles. The SMILES string of the molecule is COc1ccc(CN2C(=O)C[C@@H]([NH+]3CCC(c4ccccc4)CC3)C2=O)cc1. The highest BCUT2D eigenvalue weighted by atomic mass is 16.5. The average Bonchev–Trinajstić information content (AvgIpc) is 3.03. The van der Waals surface area contributed by atoms with Crippen LogP contribution in [-0.4, -0.2) is 43.0 Å². The number of benzene rings is 2. The summed E-state index contributed by atoms with van der Waals surface area (Å²) < 4.78 is 5.17. The molecule has 0 saturated carbocycles. The maximum absolute atomic E-state index is 13.0. The second-order valence-electron chi connectivity index (χ2n) is 7.77. The first-order valence-corrected chi connectivity index (χ1v) is 10.0. The lowest BCUT2D eigenvalue weighted by molar-refractivity contribution is -0.920. The van der Waals surface area contributed by atoms with Gasteiger partial charge in [0, 0.05) is 12.8 Å². The van der Waals surface area contributed by atoms with Gasteiger partial charge >= 0.3 is 0 Å². The second kappa shape index (κ2) is 8.15. The van der Waals surface area contributed by atoms with E-state index in [9.17, 15) is 9.59 Å². The molecule has 0 aliphatic carbocycles. The normalized spacial score (nSPS) is 25.2. The lowest BCUT2D eigenvalue weighted by atomic mass is 9.89. The van der Waals surface area contributed by atoms with Gasteiger partial charge in [0.2, 0.25) is 5.91 Å². The van der Waals surface area contributed by atoms with Crippen LogP contribution in [0.25, 0.3) is 0 Å². The lowest BCUT2D eigenvalue weighted by Crippen LogP contribution is -3.17. The van der Waals surface area contributed by atoms with Crippen LogP contribution in [0.4, 0.5) is 0 Å². The van der Waals surface area contributed by atoms with Gasteiger partial charge in [0.05, 0.1) is 33.2 Å². The van der Waals surface area contributed by atoms with Crippen LogP contribution in [0.3, 0.4) is 0 Å². The number of piperidine rings is 1. The summed E-state index contributed by atoms with van der Waals surface area (Å²) >= 11 is 0. The number of methoxy groups -OCH3 is 1. The standard InChI is InChI=1S/C23H26N2O3/c1-28-20-9-7-17(8-10-20)16-25-22(26)15-21(23(25)27)24-13-11-19(12-14-24)18-5-3-2-4-6-18/h2-10,19,21H,11-16H2,1H3/p+1/t21-/m1/s1. The van der Waals surface area contributed by atoms with Crippen molar-refractivity contribution in [3.05, 3.63) is 65.7 Å². The van der Waals surface area contributed by atoms with Crippen LogP contribution in [0.1, 0.15) is 36.3 Å². The minimum Gasteiger partial charge on any atom is -0.497 e. The topological polar surface area (TPSA) is 51.0 Å². The van der Waals surface area contributed by atoms with Gasteiger partial charge in [-0.2, -0.15) is 0 Å². The Hall–Kier alpha value is -2.66. The van der Waals surface area contributed by atoms with E-state index in [1.54, 1.807) is 7.11 Å². The number of rotatable bonds is 5. The molecule has 146 valence electrons. The highest BCUT2D eigenvalue weighted by molar-refractivity contribution is 6.04. The van der Waals surface area contributed by atoms with E-state index in [4.69, 9.17) is 4.74 Å². The molecule has 2 aliphatic heterocycles. The fourth-order valence-corrected chi connectivity index (χ4v) is 4.48. The summed E-state index contributed by atoms with van der Waals surface area (Å²) in [6.07, 6.45) is 2.46. The predicted molar refractivity (Wildman–Crippen MR) is 106 cm³/mol. The largest absolute Gasteiger partial charge is 0.497 e. The highest BCUT2D eigenvalue weighted by Gasteiger charge is 2.45. The molecular weight excluding hydrogens is 352 g/mol.